The zero-order valence-corrected chi connectivity index (χ0v) is 15.7. The molecule has 30 heavy (non-hydrogen) atoms. The molecule has 0 aliphatic rings. The Balaban J connectivity index is 2.12. The SMILES string of the molecule is O=C(O)COc1ccc(OC(F)(F)F)cc1C(=O)NSCc1cccc([N+](=O)[O-])c1. The maximum Gasteiger partial charge on any atom is 0.573 e. The number of nitrogens with one attached hydrogen (secondary N) is 1. The minimum Gasteiger partial charge on any atom is -0.481 e. The van der Waals surface area contributed by atoms with E-state index in [0.717, 1.165) is 30.1 Å². The average Bonchev–Trinajstić information content (AvgIpc) is 2.65. The van der Waals surface area contributed by atoms with Gasteiger partial charge in [-0.05, 0) is 35.7 Å². The van der Waals surface area contributed by atoms with Gasteiger partial charge in [-0.25, -0.2) is 4.79 Å². The number of halogens is 3. The van der Waals surface area contributed by atoms with Crippen LogP contribution in [0, 0.1) is 10.1 Å². The molecule has 0 aliphatic carbocycles. The second kappa shape index (κ2) is 9.82. The number of ether oxygens (including phenoxy) is 2. The first kappa shape index (κ1) is 22.8. The summed E-state index contributed by atoms with van der Waals surface area (Å²) >= 11 is 0.825. The highest BCUT2D eigenvalue weighted by atomic mass is 32.2. The van der Waals surface area contributed by atoms with Gasteiger partial charge in [-0.2, -0.15) is 0 Å². The zero-order valence-electron chi connectivity index (χ0n) is 14.8. The van der Waals surface area contributed by atoms with Gasteiger partial charge in [-0.15, -0.1) is 13.2 Å². The summed E-state index contributed by atoms with van der Waals surface area (Å²) in [6.45, 7) is -0.819. The monoisotopic (exact) mass is 446 g/mol. The predicted octanol–water partition coefficient (Wildman–Crippen LogP) is 3.54. The number of benzene rings is 2. The third-order valence-corrected chi connectivity index (χ3v) is 4.11. The van der Waals surface area contributed by atoms with E-state index in [9.17, 15) is 32.9 Å². The molecule has 0 heterocycles. The van der Waals surface area contributed by atoms with Gasteiger partial charge in [0.2, 0.25) is 0 Å². The molecule has 0 aliphatic heterocycles. The van der Waals surface area contributed by atoms with E-state index >= 15 is 0 Å². The lowest BCUT2D eigenvalue weighted by Crippen LogP contribution is -2.20. The number of nitrogens with zero attached hydrogens (tertiary/aromatic N) is 1. The van der Waals surface area contributed by atoms with Crippen LogP contribution in [0.25, 0.3) is 0 Å². The number of carboxylic acids is 1. The van der Waals surface area contributed by atoms with Crippen LogP contribution >= 0.6 is 11.9 Å². The topological polar surface area (TPSA) is 128 Å². The Bertz CT molecular complexity index is 953. The molecule has 2 rings (SSSR count). The van der Waals surface area contributed by atoms with Crippen LogP contribution in [-0.2, 0) is 10.5 Å². The first-order valence-electron chi connectivity index (χ1n) is 7.95. The quantitative estimate of drug-likeness (QED) is 0.340. The van der Waals surface area contributed by atoms with Crippen molar-refractivity contribution in [1.29, 1.82) is 0 Å². The first-order chi connectivity index (χ1) is 14.0. The molecule has 0 atom stereocenters. The fourth-order valence-corrected chi connectivity index (χ4v) is 2.81. The summed E-state index contributed by atoms with van der Waals surface area (Å²) in [4.78, 5) is 33.3. The second-order valence-corrected chi connectivity index (χ2v) is 6.32. The van der Waals surface area contributed by atoms with Crippen molar-refractivity contribution in [3.8, 4) is 11.5 Å². The van der Waals surface area contributed by atoms with Gasteiger partial charge in [-0.3, -0.25) is 19.6 Å². The molecule has 0 fully saturated rings. The molecule has 13 heteroatoms. The van der Waals surface area contributed by atoms with Gasteiger partial charge in [0, 0.05) is 17.9 Å². The van der Waals surface area contributed by atoms with Crippen LogP contribution in [0.1, 0.15) is 15.9 Å². The Morgan fingerprint density at radius 1 is 1.20 bits per heavy atom. The van der Waals surface area contributed by atoms with Gasteiger partial charge in [0.15, 0.2) is 6.61 Å². The van der Waals surface area contributed by atoms with Crippen LogP contribution in [0.2, 0.25) is 0 Å². The molecule has 160 valence electrons. The lowest BCUT2D eigenvalue weighted by molar-refractivity contribution is -0.384. The minimum atomic E-state index is -4.99. The van der Waals surface area contributed by atoms with Crippen LogP contribution in [0.4, 0.5) is 18.9 Å². The number of hydrogen-bond donors (Lipinski definition) is 2. The molecule has 1 amide bonds. The van der Waals surface area contributed by atoms with E-state index in [4.69, 9.17) is 9.84 Å². The number of nitro groups is 1. The molecule has 0 spiro atoms. The second-order valence-electron chi connectivity index (χ2n) is 5.54. The van der Waals surface area contributed by atoms with Gasteiger partial charge < -0.3 is 14.6 Å². The van der Waals surface area contributed by atoms with Crippen molar-refractivity contribution in [2.45, 2.75) is 12.1 Å². The lowest BCUT2D eigenvalue weighted by atomic mass is 10.2. The number of hydrogen-bond acceptors (Lipinski definition) is 7. The van der Waals surface area contributed by atoms with Crippen LogP contribution in [0.15, 0.2) is 42.5 Å². The fraction of sp³-hybridized carbons (Fsp3) is 0.176. The molecule has 2 N–H and O–H groups in total. The van der Waals surface area contributed by atoms with Gasteiger partial charge in [0.05, 0.1) is 10.5 Å². The zero-order chi connectivity index (χ0) is 22.3. The van der Waals surface area contributed by atoms with Gasteiger partial charge >= 0.3 is 12.3 Å². The fourth-order valence-electron chi connectivity index (χ4n) is 2.15. The Morgan fingerprint density at radius 2 is 1.93 bits per heavy atom. The molecular weight excluding hydrogens is 433 g/mol. The molecule has 0 bridgehead atoms. The highest BCUT2D eigenvalue weighted by Crippen LogP contribution is 2.29. The van der Waals surface area contributed by atoms with Crippen LogP contribution in [0.5, 0.6) is 11.5 Å². The average molecular weight is 446 g/mol. The van der Waals surface area contributed by atoms with E-state index in [-0.39, 0.29) is 22.8 Å². The first-order valence-corrected chi connectivity index (χ1v) is 8.93. The summed E-state index contributed by atoms with van der Waals surface area (Å²) < 4.78 is 48.3. The summed E-state index contributed by atoms with van der Waals surface area (Å²) in [5.41, 5.74) is -0.00340. The van der Waals surface area contributed by atoms with E-state index in [1.807, 2.05) is 0 Å². The number of carboxylic acid groups (broad SMARTS) is 1. The van der Waals surface area contributed by atoms with Crippen molar-refractivity contribution in [3.05, 3.63) is 63.7 Å². The standard InChI is InChI=1S/C17H13F3N2O7S/c18-17(19,20)29-12-4-5-14(28-8-15(23)24)13(7-12)16(25)21-30-9-10-2-1-3-11(6-10)22(26)27/h1-7H,8-9H2,(H,21,25)(H,23,24). The molecule has 0 aromatic heterocycles. The normalized spacial score (nSPS) is 10.9. The Hall–Kier alpha value is -3.48. The third kappa shape index (κ3) is 7.16. The van der Waals surface area contributed by atoms with E-state index in [2.05, 4.69) is 9.46 Å². The molecule has 9 nitrogen and oxygen atoms in total. The van der Waals surface area contributed by atoms with Gasteiger partial charge in [0.25, 0.3) is 11.6 Å². The number of amides is 1. The highest BCUT2D eigenvalue weighted by molar-refractivity contribution is 7.97. The van der Waals surface area contributed by atoms with E-state index in [0.29, 0.717) is 5.56 Å². The molecule has 2 aromatic rings. The van der Waals surface area contributed by atoms with E-state index in [1.165, 1.54) is 18.2 Å². The number of aliphatic carboxylic acids is 1. The minimum absolute atomic E-state index is 0.122. The number of carbonyl (C=O) groups is 2. The van der Waals surface area contributed by atoms with Gasteiger partial charge in [-0.1, -0.05) is 12.1 Å². The van der Waals surface area contributed by atoms with Crippen molar-refractivity contribution < 1.29 is 42.3 Å². The van der Waals surface area contributed by atoms with Crippen LogP contribution in [0.3, 0.4) is 0 Å². The Labute approximate surface area is 171 Å². The summed E-state index contributed by atoms with van der Waals surface area (Å²) in [5.74, 6) is -3.06. The van der Waals surface area contributed by atoms with Gasteiger partial charge in [0.1, 0.15) is 11.5 Å². The third-order valence-electron chi connectivity index (χ3n) is 3.31. The molecular formula is C17H13F3N2O7S. The largest absolute Gasteiger partial charge is 0.573 e. The summed E-state index contributed by atoms with van der Waals surface area (Å²) in [6.07, 6.45) is -4.99. The maximum absolute atomic E-state index is 12.4. The Morgan fingerprint density at radius 3 is 2.57 bits per heavy atom. The molecule has 0 saturated heterocycles. The van der Waals surface area contributed by atoms with Crippen molar-refractivity contribution in [1.82, 2.24) is 4.72 Å². The predicted molar refractivity (Wildman–Crippen MR) is 98.1 cm³/mol. The van der Waals surface area contributed by atoms with Crippen molar-refractivity contribution in [2.24, 2.45) is 0 Å². The van der Waals surface area contributed by atoms with Crippen molar-refractivity contribution >= 4 is 29.5 Å². The number of rotatable bonds is 9. The number of non-ortho nitro benzene ring substituents is 1. The smallest absolute Gasteiger partial charge is 0.481 e. The number of nitro benzene ring substituents is 1. The van der Waals surface area contributed by atoms with E-state index < -0.39 is 35.5 Å². The molecule has 0 radical (unpaired) electrons. The molecule has 2 aromatic carbocycles. The van der Waals surface area contributed by atoms with Crippen molar-refractivity contribution in [3.63, 3.8) is 0 Å². The Kier molecular flexibility index (Phi) is 7.47. The van der Waals surface area contributed by atoms with Crippen LogP contribution < -0.4 is 14.2 Å². The summed E-state index contributed by atoms with van der Waals surface area (Å²) in [6, 6.07) is 8.26. The number of carbonyl (C=O) groups excluding carboxylic acids is 1. The molecule has 0 unspecified atom stereocenters. The van der Waals surface area contributed by atoms with Crippen LogP contribution in [-0.4, -0.2) is 34.9 Å². The number of alkyl halides is 3. The molecule has 0 saturated carbocycles. The summed E-state index contributed by atoms with van der Waals surface area (Å²) in [7, 11) is 0. The maximum atomic E-state index is 12.4. The lowest BCUT2D eigenvalue weighted by Gasteiger charge is -2.14. The van der Waals surface area contributed by atoms with Crippen molar-refractivity contribution in [2.75, 3.05) is 6.61 Å². The highest BCUT2D eigenvalue weighted by Gasteiger charge is 2.31. The summed E-state index contributed by atoms with van der Waals surface area (Å²) in [5, 5.41) is 19.5. The van der Waals surface area contributed by atoms with E-state index in [1.54, 1.807) is 6.07 Å².